The number of carboxylic acids is 1. The van der Waals surface area contributed by atoms with E-state index >= 15 is 0 Å². The van der Waals surface area contributed by atoms with Crippen molar-refractivity contribution in [3.05, 3.63) is 24.3 Å². The van der Waals surface area contributed by atoms with Gasteiger partial charge in [-0.2, -0.15) is 0 Å². The lowest BCUT2D eigenvalue weighted by molar-refractivity contribution is -0.145. The molecule has 3 atom stereocenters. The van der Waals surface area contributed by atoms with E-state index in [2.05, 4.69) is 5.32 Å². The van der Waals surface area contributed by atoms with Crippen LogP contribution in [0.1, 0.15) is 32.1 Å². The molecular formula is C20H26N2O5. The van der Waals surface area contributed by atoms with Gasteiger partial charge < -0.3 is 20.1 Å². The molecule has 1 saturated heterocycles. The topological polar surface area (TPSA) is 95.9 Å². The number of carbonyl (C=O) groups is 3. The third-order valence-corrected chi connectivity index (χ3v) is 5.64. The first-order valence-corrected chi connectivity index (χ1v) is 9.44. The number of benzene rings is 1. The van der Waals surface area contributed by atoms with Gasteiger partial charge in [-0.1, -0.05) is 12.8 Å². The zero-order chi connectivity index (χ0) is 19.4. The Bertz CT molecular complexity index is 703. The number of rotatable bonds is 6. The molecule has 1 aliphatic heterocycles. The standard InChI is InChI=1S/C20H26N2O5/c1-27-16-8-6-15(7-9-16)22-12-14(10-18(22)23)19(24)21-11-13-4-2-3-5-17(13)20(25)26/h6-9,13-14,17H,2-5,10-12H2,1H3,(H,21,24)(H,25,26)/t13-,14?,17-/m0/s1. The fraction of sp³-hybridized carbons (Fsp3) is 0.550. The number of aliphatic carboxylic acids is 1. The van der Waals surface area contributed by atoms with E-state index in [9.17, 15) is 19.5 Å². The molecule has 0 bridgehead atoms. The molecule has 2 amide bonds. The fourth-order valence-corrected chi connectivity index (χ4v) is 4.05. The highest BCUT2D eigenvalue weighted by Gasteiger charge is 2.36. The Morgan fingerprint density at radius 3 is 2.59 bits per heavy atom. The summed E-state index contributed by atoms with van der Waals surface area (Å²) in [5.74, 6) is -1.16. The van der Waals surface area contributed by atoms with Crippen LogP contribution in [0.5, 0.6) is 5.75 Å². The molecule has 146 valence electrons. The van der Waals surface area contributed by atoms with Gasteiger partial charge in [0.2, 0.25) is 11.8 Å². The first-order valence-electron chi connectivity index (χ1n) is 9.44. The number of nitrogens with zero attached hydrogens (tertiary/aromatic N) is 1. The summed E-state index contributed by atoms with van der Waals surface area (Å²) < 4.78 is 5.12. The minimum Gasteiger partial charge on any atom is -0.497 e. The van der Waals surface area contributed by atoms with E-state index in [4.69, 9.17) is 4.74 Å². The minimum absolute atomic E-state index is 0.0324. The van der Waals surface area contributed by atoms with Crippen molar-refractivity contribution in [2.24, 2.45) is 17.8 Å². The van der Waals surface area contributed by atoms with Gasteiger partial charge in [0.15, 0.2) is 0 Å². The molecule has 27 heavy (non-hydrogen) atoms. The predicted molar refractivity (Wildman–Crippen MR) is 99.5 cm³/mol. The van der Waals surface area contributed by atoms with Crippen LogP contribution in [-0.2, 0) is 14.4 Å². The van der Waals surface area contributed by atoms with Crippen molar-refractivity contribution >= 4 is 23.5 Å². The molecule has 3 rings (SSSR count). The smallest absolute Gasteiger partial charge is 0.306 e. The number of amides is 2. The number of hydrogen-bond acceptors (Lipinski definition) is 4. The van der Waals surface area contributed by atoms with Crippen molar-refractivity contribution in [3.8, 4) is 5.75 Å². The fourth-order valence-electron chi connectivity index (χ4n) is 4.05. The number of hydrogen-bond donors (Lipinski definition) is 2. The van der Waals surface area contributed by atoms with Gasteiger partial charge in [0.1, 0.15) is 5.75 Å². The molecule has 7 heteroatoms. The van der Waals surface area contributed by atoms with Crippen LogP contribution >= 0.6 is 0 Å². The maximum absolute atomic E-state index is 12.5. The van der Waals surface area contributed by atoms with E-state index in [-0.39, 0.29) is 30.1 Å². The molecular weight excluding hydrogens is 348 g/mol. The number of ether oxygens (including phenoxy) is 1. The van der Waals surface area contributed by atoms with Crippen LogP contribution < -0.4 is 15.0 Å². The van der Waals surface area contributed by atoms with Crippen molar-refractivity contribution in [2.45, 2.75) is 32.1 Å². The van der Waals surface area contributed by atoms with Gasteiger partial charge in [0.05, 0.1) is 18.9 Å². The Balaban J connectivity index is 1.56. The van der Waals surface area contributed by atoms with Crippen LogP contribution in [-0.4, -0.2) is 43.1 Å². The Hall–Kier alpha value is -2.57. The van der Waals surface area contributed by atoms with Crippen molar-refractivity contribution in [1.29, 1.82) is 0 Å². The number of methoxy groups -OCH3 is 1. The molecule has 0 spiro atoms. The number of carboxylic acid groups (broad SMARTS) is 1. The van der Waals surface area contributed by atoms with Crippen LogP contribution in [0, 0.1) is 17.8 Å². The molecule has 1 unspecified atom stereocenters. The first kappa shape index (κ1) is 19.2. The molecule has 1 saturated carbocycles. The summed E-state index contributed by atoms with van der Waals surface area (Å²) in [6.45, 7) is 0.701. The molecule has 1 aliphatic carbocycles. The summed E-state index contributed by atoms with van der Waals surface area (Å²) in [5.41, 5.74) is 0.745. The van der Waals surface area contributed by atoms with Crippen LogP contribution in [0.3, 0.4) is 0 Å². The minimum atomic E-state index is -0.782. The Morgan fingerprint density at radius 1 is 1.22 bits per heavy atom. The Labute approximate surface area is 158 Å². The molecule has 2 N–H and O–H groups in total. The molecule has 2 fully saturated rings. The Kier molecular flexibility index (Phi) is 5.98. The first-order chi connectivity index (χ1) is 13.0. The van der Waals surface area contributed by atoms with Gasteiger partial charge in [-0.25, -0.2) is 0 Å². The van der Waals surface area contributed by atoms with Gasteiger partial charge in [-0.05, 0) is 43.0 Å². The van der Waals surface area contributed by atoms with E-state index < -0.39 is 11.9 Å². The highest BCUT2D eigenvalue weighted by molar-refractivity contribution is 6.00. The highest BCUT2D eigenvalue weighted by atomic mass is 16.5. The van der Waals surface area contributed by atoms with Crippen LogP contribution in [0.2, 0.25) is 0 Å². The summed E-state index contributed by atoms with van der Waals surface area (Å²) >= 11 is 0. The average molecular weight is 374 g/mol. The van der Waals surface area contributed by atoms with Gasteiger partial charge in [0.25, 0.3) is 0 Å². The molecule has 0 aromatic heterocycles. The lowest BCUT2D eigenvalue weighted by Crippen LogP contribution is -2.40. The lowest BCUT2D eigenvalue weighted by Gasteiger charge is -2.28. The molecule has 1 heterocycles. The van der Waals surface area contributed by atoms with Crippen molar-refractivity contribution in [2.75, 3.05) is 25.1 Å². The second-order valence-electron chi connectivity index (χ2n) is 7.34. The van der Waals surface area contributed by atoms with Crippen molar-refractivity contribution in [1.82, 2.24) is 5.32 Å². The van der Waals surface area contributed by atoms with E-state index in [1.54, 1.807) is 36.3 Å². The van der Waals surface area contributed by atoms with Gasteiger partial charge in [-0.3, -0.25) is 14.4 Å². The molecule has 2 aliphatic rings. The summed E-state index contributed by atoms with van der Waals surface area (Å²) in [5, 5.41) is 12.2. The second-order valence-corrected chi connectivity index (χ2v) is 7.34. The normalized spacial score (nSPS) is 25.3. The number of carbonyl (C=O) groups excluding carboxylic acids is 2. The second kappa shape index (κ2) is 8.41. The SMILES string of the molecule is COc1ccc(N2CC(C(=O)NC[C@@H]3CCCC[C@@H]3C(=O)O)CC2=O)cc1. The maximum atomic E-state index is 12.5. The lowest BCUT2D eigenvalue weighted by atomic mass is 9.79. The molecule has 0 radical (unpaired) electrons. The van der Waals surface area contributed by atoms with E-state index in [0.29, 0.717) is 25.3 Å². The average Bonchev–Trinajstić information content (AvgIpc) is 3.08. The van der Waals surface area contributed by atoms with Crippen LogP contribution in [0.15, 0.2) is 24.3 Å². The zero-order valence-corrected chi connectivity index (χ0v) is 15.5. The largest absolute Gasteiger partial charge is 0.497 e. The summed E-state index contributed by atoms with van der Waals surface area (Å²) in [7, 11) is 1.58. The summed E-state index contributed by atoms with van der Waals surface area (Å²) in [4.78, 5) is 37.9. The summed E-state index contributed by atoms with van der Waals surface area (Å²) in [6.07, 6.45) is 3.58. The number of nitrogens with one attached hydrogen (secondary N) is 1. The molecule has 1 aromatic rings. The zero-order valence-electron chi connectivity index (χ0n) is 15.5. The quantitative estimate of drug-likeness (QED) is 0.795. The van der Waals surface area contributed by atoms with E-state index in [0.717, 1.165) is 24.9 Å². The predicted octanol–water partition coefficient (Wildman–Crippen LogP) is 2.06. The molecule has 7 nitrogen and oxygen atoms in total. The maximum Gasteiger partial charge on any atom is 0.306 e. The third kappa shape index (κ3) is 4.40. The molecule has 1 aromatic carbocycles. The van der Waals surface area contributed by atoms with Gasteiger partial charge in [-0.15, -0.1) is 0 Å². The van der Waals surface area contributed by atoms with Crippen LogP contribution in [0.25, 0.3) is 0 Å². The van der Waals surface area contributed by atoms with Gasteiger partial charge >= 0.3 is 5.97 Å². The van der Waals surface area contributed by atoms with Crippen LogP contribution in [0.4, 0.5) is 5.69 Å². The Morgan fingerprint density at radius 2 is 1.93 bits per heavy atom. The van der Waals surface area contributed by atoms with E-state index in [1.165, 1.54) is 0 Å². The van der Waals surface area contributed by atoms with Gasteiger partial charge in [0, 0.05) is 25.2 Å². The monoisotopic (exact) mass is 374 g/mol. The summed E-state index contributed by atoms with van der Waals surface area (Å²) in [6, 6.07) is 7.17. The van der Waals surface area contributed by atoms with E-state index in [1.807, 2.05) is 0 Å². The number of anilines is 1. The van der Waals surface area contributed by atoms with Crippen molar-refractivity contribution in [3.63, 3.8) is 0 Å². The highest BCUT2D eigenvalue weighted by Crippen LogP contribution is 2.30. The van der Waals surface area contributed by atoms with Crippen molar-refractivity contribution < 1.29 is 24.2 Å². The third-order valence-electron chi connectivity index (χ3n) is 5.64.